The third kappa shape index (κ3) is 5.90. The largest absolute Gasteiger partial charge is 0.497 e. The van der Waals surface area contributed by atoms with Gasteiger partial charge in [-0.15, -0.1) is 0 Å². The minimum Gasteiger partial charge on any atom is -0.497 e. The molecular weight excluding hydrogens is 428 g/mol. The molecule has 0 saturated carbocycles. The highest BCUT2D eigenvalue weighted by molar-refractivity contribution is 7.80. The molecule has 5 nitrogen and oxygen atoms in total. The van der Waals surface area contributed by atoms with Gasteiger partial charge in [-0.05, 0) is 72.9 Å². The van der Waals surface area contributed by atoms with E-state index in [1.54, 1.807) is 13.3 Å². The molecular formula is C27H30N4OS. The van der Waals surface area contributed by atoms with Crippen molar-refractivity contribution in [3.8, 4) is 5.75 Å². The van der Waals surface area contributed by atoms with Gasteiger partial charge in [0.05, 0.1) is 7.11 Å². The van der Waals surface area contributed by atoms with Crippen molar-refractivity contribution in [3.05, 3.63) is 95.4 Å². The van der Waals surface area contributed by atoms with E-state index in [-0.39, 0.29) is 0 Å². The second kappa shape index (κ2) is 11.0. The lowest BCUT2D eigenvalue weighted by Crippen LogP contribution is -2.41. The van der Waals surface area contributed by atoms with Gasteiger partial charge in [-0.25, -0.2) is 0 Å². The number of rotatable bonds is 9. The summed E-state index contributed by atoms with van der Waals surface area (Å²) >= 11 is 5.82. The van der Waals surface area contributed by atoms with E-state index in [1.807, 2.05) is 24.4 Å². The molecule has 4 aromatic rings. The molecule has 170 valence electrons. The van der Waals surface area contributed by atoms with E-state index < -0.39 is 0 Å². The Hall–Kier alpha value is -3.38. The third-order valence-electron chi connectivity index (χ3n) is 5.87. The smallest absolute Gasteiger partial charge is 0.169 e. The van der Waals surface area contributed by atoms with Crippen LogP contribution in [0.2, 0.25) is 0 Å². The van der Waals surface area contributed by atoms with Crippen molar-refractivity contribution < 1.29 is 4.74 Å². The molecule has 0 fully saturated rings. The van der Waals surface area contributed by atoms with Crippen molar-refractivity contribution >= 4 is 28.2 Å². The van der Waals surface area contributed by atoms with E-state index in [2.05, 4.69) is 69.6 Å². The summed E-state index contributed by atoms with van der Waals surface area (Å²) in [4.78, 5) is 10.0. The first-order valence-electron chi connectivity index (χ1n) is 11.2. The Balaban J connectivity index is 1.47. The number of aromatic amines is 1. The number of pyridine rings is 1. The number of methoxy groups -OCH3 is 1. The number of nitrogens with one attached hydrogen (secondary N) is 2. The Morgan fingerprint density at radius 2 is 1.88 bits per heavy atom. The lowest BCUT2D eigenvalue weighted by atomic mass is 10.1. The van der Waals surface area contributed by atoms with Gasteiger partial charge in [-0.1, -0.05) is 36.4 Å². The molecule has 0 spiro atoms. The van der Waals surface area contributed by atoms with Gasteiger partial charge in [-0.3, -0.25) is 4.98 Å². The number of benzene rings is 2. The molecule has 0 aliphatic heterocycles. The number of ether oxygens (including phenoxy) is 1. The number of thiocarbonyl (C=S) groups is 1. The first-order valence-corrected chi connectivity index (χ1v) is 11.7. The van der Waals surface area contributed by atoms with Crippen molar-refractivity contribution in [1.29, 1.82) is 0 Å². The molecule has 0 aliphatic rings. The van der Waals surface area contributed by atoms with E-state index >= 15 is 0 Å². The Kier molecular flexibility index (Phi) is 7.58. The van der Waals surface area contributed by atoms with Gasteiger partial charge in [0, 0.05) is 48.6 Å². The molecule has 0 unspecified atom stereocenters. The molecule has 0 bridgehead atoms. The van der Waals surface area contributed by atoms with Crippen LogP contribution in [0.4, 0.5) is 0 Å². The monoisotopic (exact) mass is 458 g/mol. The Labute approximate surface area is 200 Å². The van der Waals surface area contributed by atoms with Crippen molar-refractivity contribution in [1.82, 2.24) is 20.2 Å². The molecule has 2 aromatic carbocycles. The van der Waals surface area contributed by atoms with E-state index in [0.717, 1.165) is 54.4 Å². The number of aryl methyl sites for hydroxylation is 1. The molecule has 0 amide bonds. The minimum absolute atomic E-state index is 0.718. The van der Waals surface area contributed by atoms with Crippen molar-refractivity contribution in [2.24, 2.45) is 0 Å². The van der Waals surface area contributed by atoms with Crippen LogP contribution in [0.5, 0.6) is 5.75 Å². The summed E-state index contributed by atoms with van der Waals surface area (Å²) < 4.78 is 5.45. The molecule has 2 N–H and O–H groups in total. The van der Waals surface area contributed by atoms with Gasteiger partial charge in [0.15, 0.2) is 5.11 Å². The summed E-state index contributed by atoms with van der Waals surface area (Å²) in [5.41, 5.74) is 6.05. The molecule has 2 aromatic heterocycles. The first kappa shape index (κ1) is 22.8. The molecule has 2 heterocycles. The highest BCUT2D eigenvalue weighted by Gasteiger charge is 2.15. The number of nitrogens with zero attached hydrogens (tertiary/aromatic N) is 2. The number of H-pyrrole nitrogens is 1. The zero-order valence-corrected chi connectivity index (χ0v) is 20.0. The Morgan fingerprint density at radius 3 is 2.64 bits per heavy atom. The lowest BCUT2D eigenvalue weighted by molar-refractivity contribution is 0.409. The summed E-state index contributed by atoms with van der Waals surface area (Å²) in [6.07, 6.45) is 5.51. The summed E-state index contributed by atoms with van der Waals surface area (Å²) in [7, 11) is 1.70. The number of fused-ring (bicyclic) bond motifs is 1. The van der Waals surface area contributed by atoms with Gasteiger partial charge >= 0.3 is 0 Å². The van der Waals surface area contributed by atoms with Gasteiger partial charge in [0.25, 0.3) is 0 Å². The van der Waals surface area contributed by atoms with Crippen LogP contribution in [0.1, 0.15) is 22.4 Å². The average Bonchev–Trinajstić information content (AvgIpc) is 3.16. The molecule has 4 rings (SSSR count). The van der Waals surface area contributed by atoms with Crippen LogP contribution in [0.25, 0.3) is 10.9 Å². The van der Waals surface area contributed by atoms with Crippen LogP contribution in [0.3, 0.4) is 0 Å². The normalized spacial score (nSPS) is 10.8. The topological polar surface area (TPSA) is 53.2 Å². The summed E-state index contributed by atoms with van der Waals surface area (Å²) in [6, 6.07) is 20.7. The standard InChI is InChI=1S/C27H30N4OS/c1-20-24(25-17-23(32-2)10-11-26(25)30-20)13-16-31(19-22-9-6-14-28-18-22)27(33)29-15-12-21-7-4-3-5-8-21/h3-11,14,17-18,30H,12-13,15-16,19H2,1-2H3,(H,29,33). The van der Waals surface area contributed by atoms with Gasteiger partial charge in [0.2, 0.25) is 0 Å². The first-order chi connectivity index (χ1) is 16.1. The van der Waals surface area contributed by atoms with Crippen LogP contribution in [-0.2, 0) is 19.4 Å². The van der Waals surface area contributed by atoms with Crippen molar-refractivity contribution in [2.45, 2.75) is 26.3 Å². The zero-order valence-electron chi connectivity index (χ0n) is 19.2. The van der Waals surface area contributed by atoms with E-state index in [9.17, 15) is 0 Å². The Bertz CT molecular complexity index is 1190. The molecule has 6 heteroatoms. The third-order valence-corrected chi connectivity index (χ3v) is 6.28. The second-order valence-electron chi connectivity index (χ2n) is 8.14. The maximum absolute atomic E-state index is 5.82. The molecule has 33 heavy (non-hydrogen) atoms. The number of hydrogen-bond acceptors (Lipinski definition) is 3. The summed E-state index contributed by atoms with van der Waals surface area (Å²) in [6.45, 7) is 4.45. The van der Waals surface area contributed by atoms with E-state index in [4.69, 9.17) is 17.0 Å². The highest BCUT2D eigenvalue weighted by Crippen LogP contribution is 2.27. The number of aromatic nitrogens is 2. The SMILES string of the molecule is COc1ccc2[nH]c(C)c(CCN(Cc3cccnc3)C(=S)NCCc3ccccc3)c2c1. The summed E-state index contributed by atoms with van der Waals surface area (Å²) in [5.74, 6) is 0.869. The maximum atomic E-state index is 5.82. The van der Waals surface area contributed by atoms with Crippen LogP contribution in [0, 0.1) is 6.92 Å². The predicted octanol–water partition coefficient (Wildman–Crippen LogP) is 5.04. The average molecular weight is 459 g/mol. The van der Waals surface area contributed by atoms with Gasteiger partial charge < -0.3 is 19.9 Å². The van der Waals surface area contributed by atoms with Crippen LogP contribution < -0.4 is 10.1 Å². The van der Waals surface area contributed by atoms with E-state index in [0.29, 0.717) is 0 Å². The minimum atomic E-state index is 0.718. The van der Waals surface area contributed by atoms with Crippen LogP contribution in [-0.4, -0.2) is 40.2 Å². The summed E-state index contributed by atoms with van der Waals surface area (Å²) in [5, 5.41) is 5.43. The highest BCUT2D eigenvalue weighted by atomic mass is 32.1. The number of hydrogen-bond donors (Lipinski definition) is 2. The zero-order chi connectivity index (χ0) is 23.0. The molecule has 0 atom stereocenters. The maximum Gasteiger partial charge on any atom is 0.169 e. The second-order valence-corrected chi connectivity index (χ2v) is 8.53. The molecule has 0 radical (unpaired) electrons. The predicted molar refractivity (Wildman–Crippen MR) is 139 cm³/mol. The van der Waals surface area contributed by atoms with Crippen molar-refractivity contribution in [3.63, 3.8) is 0 Å². The fraction of sp³-hybridized carbons (Fsp3) is 0.259. The molecule has 0 saturated heterocycles. The quantitative estimate of drug-likeness (QED) is 0.344. The van der Waals surface area contributed by atoms with E-state index in [1.165, 1.54) is 22.2 Å². The van der Waals surface area contributed by atoms with Crippen LogP contribution in [0.15, 0.2) is 73.1 Å². The van der Waals surface area contributed by atoms with Gasteiger partial charge in [0.1, 0.15) is 5.75 Å². The van der Waals surface area contributed by atoms with Crippen LogP contribution >= 0.6 is 12.2 Å². The fourth-order valence-corrected chi connectivity index (χ4v) is 4.35. The van der Waals surface area contributed by atoms with Gasteiger partial charge in [-0.2, -0.15) is 0 Å². The molecule has 0 aliphatic carbocycles. The Morgan fingerprint density at radius 1 is 1.06 bits per heavy atom. The van der Waals surface area contributed by atoms with Crippen molar-refractivity contribution in [2.75, 3.05) is 20.2 Å². The fourth-order valence-electron chi connectivity index (χ4n) is 4.09. The lowest BCUT2D eigenvalue weighted by Gasteiger charge is -2.26.